The Bertz CT molecular complexity index is 584. The standard InChI is InChI=1S/C18H21NO3/c1-2-16-9-3-4-10-17(16)22-14-18(20)21-12-6-8-15-7-5-11-19-13-15/h3-5,7,9-11,13H,2,6,8,12,14H2,1H3. The van der Waals surface area contributed by atoms with E-state index in [1.807, 2.05) is 42.6 Å². The zero-order valence-electron chi connectivity index (χ0n) is 12.8. The normalized spacial score (nSPS) is 10.2. The van der Waals surface area contributed by atoms with Crippen molar-refractivity contribution < 1.29 is 14.3 Å². The fourth-order valence-electron chi connectivity index (χ4n) is 2.12. The number of aromatic nitrogens is 1. The molecule has 0 saturated carbocycles. The molecule has 0 fully saturated rings. The second-order valence-corrected chi connectivity index (χ2v) is 4.94. The molecule has 116 valence electrons. The molecule has 0 radical (unpaired) electrons. The molecule has 0 unspecified atom stereocenters. The van der Waals surface area contributed by atoms with Gasteiger partial charge in [-0.05, 0) is 42.5 Å². The Hall–Kier alpha value is -2.36. The van der Waals surface area contributed by atoms with E-state index in [1.54, 1.807) is 6.20 Å². The number of benzene rings is 1. The molecule has 0 aliphatic heterocycles. The maximum Gasteiger partial charge on any atom is 0.344 e. The molecule has 0 aliphatic carbocycles. The third kappa shape index (κ3) is 5.20. The Morgan fingerprint density at radius 2 is 2.05 bits per heavy atom. The monoisotopic (exact) mass is 299 g/mol. The maximum absolute atomic E-state index is 11.7. The van der Waals surface area contributed by atoms with E-state index in [2.05, 4.69) is 11.9 Å². The number of pyridine rings is 1. The highest BCUT2D eigenvalue weighted by atomic mass is 16.6. The van der Waals surface area contributed by atoms with Crippen molar-refractivity contribution in [1.82, 2.24) is 4.98 Å². The van der Waals surface area contributed by atoms with Crippen LogP contribution in [0, 0.1) is 0 Å². The molecule has 4 heteroatoms. The molecule has 2 aromatic rings. The summed E-state index contributed by atoms with van der Waals surface area (Å²) in [7, 11) is 0. The SMILES string of the molecule is CCc1ccccc1OCC(=O)OCCCc1cccnc1. The summed E-state index contributed by atoms with van der Waals surface area (Å²) in [6.07, 6.45) is 6.07. The van der Waals surface area contributed by atoms with Gasteiger partial charge < -0.3 is 9.47 Å². The van der Waals surface area contributed by atoms with Crippen LogP contribution < -0.4 is 4.74 Å². The Morgan fingerprint density at radius 3 is 2.82 bits per heavy atom. The number of carbonyl (C=O) groups excluding carboxylic acids is 1. The van der Waals surface area contributed by atoms with E-state index in [-0.39, 0.29) is 12.6 Å². The summed E-state index contributed by atoms with van der Waals surface area (Å²) in [6, 6.07) is 11.6. The fourth-order valence-corrected chi connectivity index (χ4v) is 2.12. The van der Waals surface area contributed by atoms with Crippen LogP contribution in [-0.2, 0) is 22.4 Å². The van der Waals surface area contributed by atoms with Crippen LogP contribution in [0.3, 0.4) is 0 Å². The molecule has 2 rings (SSSR count). The highest BCUT2D eigenvalue weighted by Crippen LogP contribution is 2.18. The van der Waals surface area contributed by atoms with Crippen molar-refractivity contribution in [3.63, 3.8) is 0 Å². The summed E-state index contributed by atoms with van der Waals surface area (Å²) in [5.41, 5.74) is 2.23. The van der Waals surface area contributed by atoms with Gasteiger partial charge in [-0.3, -0.25) is 4.98 Å². The fraction of sp³-hybridized carbons (Fsp3) is 0.333. The lowest BCUT2D eigenvalue weighted by Gasteiger charge is -2.10. The van der Waals surface area contributed by atoms with E-state index in [0.29, 0.717) is 6.61 Å². The summed E-state index contributed by atoms with van der Waals surface area (Å²) in [6.45, 7) is 2.40. The van der Waals surface area contributed by atoms with Crippen molar-refractivity contribution in [2.24, 2.45) is 0 Å². The molecule has 0 spiro atoms. The number of rotatable bonds is 8. The topological polar surface area (TPSA) is 48.4 Å². The molecule has 0 aliphatic rings. The highest BCUT2D eigenvalue weighted by molar-refractivity contribution is 5.71. The summed E-state index contributed by atoms with van der Waals surface area (Å²) >= 11 is 0. The number of carbonyl (C=O) groups is 1. The van der Waals surface area contributed by atoms with Crippen molar-refractivity contribution in [1.29, 1.82) is 0 Å². The molecule has 1 aromatic heterocycles. The van der Waals surface area contributed by atoms with Crippen LogP contribution in [0.4, 0.5) is 0 Å². The van der Waals surface area contributed by atoms with E-state index in [0.717, 1.165) is 36.1 Å². The first-order chi connectivity index (χ1) is 10.8. The van der Waals surface area contributed by atoms with E-state index in [1.165, 1.54) is 0 Å². The Labute approximate surface area is 131 Å². The summed E-state index contributed by atoms with van der Waals surface area (Å²) in [5, 5.41) is 0. The minimum absolute atomic E-state index is 0.0517. The summed E-state index contributed by atoms with van der Waals surface area (Å²) < 4.78 is 10.7. The quantitative estimate of drug-likeness (QED) is 0.555. The third-order valence-corrected chi connectivity index (χ3v) is 3.29. The van der Waals surface area contributed by atoms with Crippen LogP contribution >= 0.6 is 0 Å². The molecule has 0 saturated heterocycles. The van der Waals surface area contributed by atoms with Crippen molar-refractivity contribution >= 4 is 5.97 Å². The lowest BCUT2D eigenvalue weighted by molar-refractivity contribution is -0.146. The van der Waals surface area contributed by atoms with Crippen molar-refractivity contribution in [3.05, 3.63) is 59.9 Å². The molecule has 1 heterocycles. The van der Waals surface area contributed by atoms with Gasteiger partial charge in [0, 0.05) is 12.4 Å². The number of hydrogen-bond donors (Lipinski definition) is 0. The van der Waals surface area contributed by atoms with Crippen molar-refractivity contribution in [3.8, 4) is 5.75 Å². The van der Waals surface area contributed by atoms with Gasteiger partial charge in [0.1, 0.15) is 5.75 Å². The Balaban J connectivity index is 1.66. The Morgan fingerprint density at radius 1 is 1.18 bits per heavy atom. The summed E-state index contributed by atoms with van der Waals surface area (Å²) in [4.78, 5) is 15.7. The minimum atomic E-state index is -0.336. The average Bonchev–Trinajstić information content (AvgIpc) is 2.58. The van der Waals surface area contributed by atoms with E-state index in [9.17, 15) is 4.79 Å². The van der Waals surface area contributed by atoms with Crippen LogP contribution in [0.1, 0.15) is 24.5 Å². The predicted molar refractivity (Wildman–Crippen MR) is 84.8 cm³/mol. The highest BCUT2D eigenvalue weighted by Gasteiger charge is 2.06. The number of para-hydroxylation sites is 1. The van der Waals surface area contributed by atoms with Crippen molar-refractivity contribution in [2.75, 3.05) is 13.2 Å². The minimum Gasteiger partial charge on any atom is -0.482 e. The van der Waals surface area contributed by atoms with Crippen LogP contribution in [-0.4, -0.2) is 24.2 Å². The van der Waals surface area contributed by atoms with Crippen LogP contribution in [0.25, 0.3) is 0 Å². The molecular formula is C18H21NO3. The second kappa shape index (κ2) is 8.82. The number of aryl methyl sites for hydroxylation is 2. The van der Waals surface area contributed by atoms with E-state index >= 15 is 0 Å². The second-order valence-electron chi connectivity index (χ2n) is 4.94. The number of nitrogens with zero attached hydrogens (tertiary/aromatic N) is 1. The largest absolute Gasteiger partial charge is 0.482 e. The summed E-state index contributed by atoms with van der Waals surface area (Å²) in [5.74, 6) is 0.411. The zero-order chi connectivity index (χ0) is 15.6. The number of esters is 1. The van der Waals surface area contributed by atoms with Gasteiger partial charge in [0.05, 0.1) is 6.61 Å². The van der Waals surface area contributed by atoms with E-state index < -0.39 is 0 Å². The Kier molecular flexibility index (Phi) is 6.42. The number of hydrogen-bond acceptors (Lipinski definition) is 4. The molecule has 22 heavy (non-hydrogen) atoms. The lowest BCUT2D eigenvalue weighted by Crippen LogP contribution is -2.16. The van der Waals surface area contributed by atoms with Crippen LogP contribution in [0.5, 0.6) is 5.75 Å². The van der Waals surface area contributed by atoms with Crippen molar-refractivity contribution in [2.45, 2.75) is 26.2 Å². The van der Waals surface area contributed by atoms with Gasteiger partial charge in [0.25, 0.3) is 0 Å². The molecule has 0 bridgehead atoms. The molecular weight excluding hydrogens is 278 g/mol. The van der Waals surface area contributed by atoms with Gasteiger partial charge >= 0.3 is 5.97 Å². The average molecular weight is 299 g/mol. The third-order valence-electron chi connectivity index (χ3n) is 3.29. The van der Waals surface area contributed by atoms with Crippen LogP contribution in [0.2, 0.25) is 0 Å². The first-order valence-electron chi connectivity index (χ1n) is 7.55. The maximum atomic E-state index is 11.7. The molecule has 0 atom stereocenters. The van der Waals surface area contributed by atoms with Gasteiger partial charge in [0.15, 0.2) is 6.61 Å². The molecule has 1 aromatic carbocycles. The predicted octanol–water partition coefficient (Wildman–Crippen LogP) is 3.20. The van der Waals surface area contributed by atoms with E-state index in [4.69, 9.17) is 9.47 Å². The van der Waals surface area contributed by atoms with Gasteiger partial charge in [-0.1, -0.05) is 31.2 Å². The van der Waals surface area contributed by atoms with Crippen LogP contribution in [0.15, 0.2) is 48.8 Å². The molecule has 0 amide bonds. The zero-order valence-corrected chi connectivity index (χ0v) is 12.8. The van der Waals surface area contributed by atoms with Gasteiger partial charge in [0.2, 0.25) is 0 Å². The first-order valence-corrected chi connectivity index (χ1v) is 7.55. The van der Waals surface area contributed by atoms with Gasteiger partial charge in [-0.2, -0.15) is 0 Å². The smallest absolute Gasteiger partial charge is 0.344 e. The number of ether oxygens (including phenoxy) is 2. The van der Waals surface area contributed by atoms with Gasteiger partial charge in [-0.15, -0.1) is 0 Å². The first kappa shape index (κ1) is 16.0. The lowest BCUT2D eigenvalue weighted by atomic mass is 10.1. The molecule has 0 N–H and O–H groups in total. The van der Waals surface area contributed by atoms with Gasteiger partial charge in [-0.25, -0.2) is 4.79 Å². The molecule has 4 nitrogen and oxygen atoms in total.